The molecule has 0 aliphatic heterocycles. The van der Waals surface area contributed by atoms with Crippen molar-refractivity contribution in [2.24, 2.45) is 0 Å². The lowest BCUT2D eigenvalue weighted by atomic mass is 10.4. The minimum Gasteiger partial charge on any atom is -0.373 e. The molecule has 1 heterocycles. The maximum absolute atomic E-state index is 5.64. The second-order valence-electron chi connectivity index (χ2n) is 2.47. The number of halogens is 3. The van der Waals surface area contributed by atoms with Crippen LogP contribution < -0.4 is 5.32 Å². The van der Waals surface area contributed by atoms with Gasteiger partial charge in [-0.25, -0.2) is 9.97 Å². The Morgan fingerprint density at radius 3 is 2.38 bits per heavy atom. The van der Waals surface area contributed by atoms with E-state index in [-0.39, 0.29) is 5.82 Å². The van der Waals surface area contributed by atoms with Gasteiger partial charge in [0.15, 0.2) is 5.82 Å². The fraction of sp³-hybridized carbons (Fsp3) is 0.429. The molecule has 0 aromatic carbocycles. The van der Waals surface area contributed by atoms with Crippen LogP contribution in [0.1, 0.15) is 11.5 Å². The van der Waals surface area contributed by atoms with Crippen LogP contribution in [0.25, 0.3) is 0 Å². The minimum absolute atomic E-state index is 0.182. The van der Waals surface area contributed by atoms with Crippen molar-refractivity contribution in [2.45, 2.75) is 10.7 Å². The molecule has 3 nitrogen and oxygen atoms in total. The summed E-state index contributed by atoms with van der Waals surface area (Å²) in [5, 5.41) is 2.85. The predicted octanol–water partition coefficient (Wildman–Crippen LogP) is 2.65. The van der Waals surface area contributed by atoms with E-state index in [1.165, 1.54) is 0 Å². The predicted molar refractivity (Wildman–Crippen MR) is 55.6 cm³/mol. The van der Waals surface area contributed by atoms with Crippen molar-refractivity contribution >= 4 is 40.6 Å². The van der Waals surface area contributed by atoms with E-state index in [9.17, 15) is 0 Å². The minimum atomic E-state index is -1.57. The Bertz CT molecular complexity index is 308. The first-order valence-electron chi connectivity index (χ1n) is 3.54. The Labute approximate surface area is 91.4 Å². The van der Waals surface area contributed by atoms with Gasteiger partial charge in [0.05, 0.1) is 0 Å². The van der Waals surface area contributed by atoms with Gasteiger partial charge in [-0.05, 0) is 6.92 Å². The van der Waals surface area contributed by atoms with Crippen LogP contribution in [-0.2, 0) is 3.79 Å². The van der Waals surface area contributed by atoms with Gasteiger partial charge in [0.25, 0.3) is 0 Å². The van der Waals surface area contributed by atoms with Gasteiger partial charge < -0.3 is 5.32 Å². The summed E-state index contributed by atoms with van der Waals surface area (Å²) in [6, 6.07) is 1.76. The molecule has 1 aromatic heterocycles. The summed E-state index contributed by atoms with van der Waals surface area (Å²) < 4.78 is -1.57. The van der Waals surface area contributed by atoms with E-state index in [0.29, 0.717) is 5.82 Å². The van der Waals surface area contributed by atoms with Crippen LogP contribution in [0.2, 0.25) is 0 Å². The van der Waals surface area contributed by atoms with Crippen molar-refractivity contribution in [1.29, 1.82) is 0 Å². The topological polar surface area (TPSA) is 37.8 Å². The van der Waals surface area contributed by atoms with E-state index in [2.05, 4.69) is 15.3 Å². The molecular weight excluding hydrogens is 232 g/mol. The van der Waals surface area contributed by atoms with Gasteiger partial charge in [-0.3, -0.25) is 0 Å². The lowest BCUT2D eigenvalue weighted by molar-refractivity contribution is 0.944. The van der Waals surface area contributed by atoms with Crippen LogP contribution in [0, 0.1) is 6.92 Å². The van der Waals surface area contributed by atoms with Gasteiger partial charge in [-0.15, -0.1) is 0 Å². The Morgan fingerprint density at radius 1 is 1.31 bits per heavy atom. The lowest BCUT2D eigenvalue weighted by Gasteiger charge is -2.11. The molecule has 0 amide bonds. The number of rotatable bonds is 1. The van der Waals surface area contributed by atoms with Gasteiger partial charge in [-0.2, -0.15) is 0 Å². The number of hydrogen-bond acceptors (Lipinski definition) is 3. The van der Waals surface area contributed by atoms with E-state index >= 15 is 0 Å². The Hall–Kier alpha value is -0.250. The zero-order chi connectivity index (χ0) is 10.1. The van der Waals surface area contributed by atoms with Gasteiger partial charge in [0, 0.05) is 18.8 Å². The van der Waals surface area contributed by atoms with Crippen molar-refractivity contribution in [3.8, 4) is 0 Å². The smallest absolute Gasteiger partial charge is 0.250 e. The van der Waals surface area contributed by atoms with Crippen LogP contribution in [0.3, 0.4) is 0 Å². The average Bonchev–Trinajstić information content (AvgIpc) is 2.01. The number of aryl methyl sites for hydroxylation is 1. The molecule has 1 rings (SSSR count). The quantitative estimate of drug-likeness (QED) is 0.767. The average molecular weight is 241 g/mol. The molecular formula is C7H8Cl3N3. The first-order chi connectivity index (χ1) is 5.93. The molecule has 0 aliphatic rings. The van der Waals surface area contributed by atoms with Crippen LogP contribution in [0.15, 0.2) is 6.07 Å². The number of anilines is 1. The van der Waals surface area contributed by atoms with Crippen molar-refractivity contribution < 1.29 is 0 Å². The maximum atomic E-state index is 5.64. The van der Waals surface area contributed by atoms with E-state index in [0.717, 1.165) is 5.69 Å². The maximum Gasteiger partial charge on any atom is 0.250 e. The molecule has 0 bridgehead atoms. The van der Waals surface area contributed by atoms with Crippen molar-refractivity contribution in [3.05, 3.63) is 17.6 Å². The molecule has 72 valence electrons. The third kappa shape index (κ3) is 2.86. The van der Waals surface area contributed by atoms with Gasteiger partial charge in [-0.1, -0.05) is 34.8 Å². The van der Waals surface area contributed by atoms with E-state index < -0.39 is 3.79 Å². The summed E-state index contributed by atoms with van der Waals surface area (Å²) >= 11 is 16.9. The van der Waals surface area contributed by atoms with Gasteiger partial charge >= 0.3 is 0 Å². The SMILES string of the molecule is CNc1cc(C)nc(C(Cl)(Cl)Cl)n1. The molecule has 6 heteroatoms. The molecule has 0 atom stereocenters. The summed E-state index contributed by atoms with van der Waals surface area (Å²) in [4.78, 5) is 8.01. The van der Waals surface area contributed by atoms with Crippen LogP contribution in [-0.4, -0.2) is 17.0 Å². The Balaban J connectivity index is 3.16. The number of alkyl halides is 3. The molecule has 1 aromatic rings. The summed E-state index contributed by atoms with van der Waals surface area (Å²) in [7, 11) is 1.74. The number of nitrogens with zero attached hydrogens (tertiary/aromatic N) is 2. The molecule has 0 saturated heterocycles. The number of hydrogen-bond donors (Lipinski definition) is 1. The summed E-state index contributed by atoms with van der Waals surface area (Å²) in [5.74, 6) is 0.815. The molecule has 0 fully saturated rings. The van der Waals surface area contributed by atoms with Crippen LogP contribution >= 0.6 is 34.8 Å². The normalized spacial score (nSPS) is 11.5. The highest BCUT2D eigenvalue weighted by molar-refractivity contribution is 6.66. The largest absolute Gasteiger partial charge is 0.373 e. The fourth-order valence-electron chi connectivity index (χ4n) is 0.823. The lowest BCUT2D eigenvalue weighted by Crippen LogP contribution is -2.09. The highest BCUT2D eigenvalue weighted by Crippen LogP contribution is 2.36. The molecule has 0 radical (unpaired) electrons. The molecule has 1 N–H and O–H groups in total. The summed E-state index contributed by atoms with van der Waals surface area (Å²) in [5.41, 5.74) is 0.751. The molecule has 0 saturated carbocycles. The summed E-state index contributed by atoms with van der Waals surface area (Å²) in [6.45, 7) is 1.81. The Morgan fingerprint density at radius 2 is 1.92 bits per heavy atom. The van der Waals surface area contributed by atoms with E-state index in [1.807, 2.05) is 6.92 Å². The monoisotopic (exact) mass is 239 g/mol. The first-order valence-corrected chi connectivity index (χ1v) is 4.67. The highest BCUT2D eigenvalue weighted by Gasteiger charge is 2.27. The third-order valence-electron chi connectivity index (χ3n) is 1.36. The molecule has 0 aliphatic carbocycles. The third-order valence-corrected chi connectivity index (χ3v) is 1.87. The van der Waals surface area contributed by atoms with Crippen molar-refractivity contribution in [1.82, 2.24) is 9.97 Å². The second-order valence-corrected chi connectivity index (χ2v) is 4.75. The van der Waals surface area contributed by atoms with Crippen LogP contribution in [0.5, 0.6) is 0 Å². The molecule has 13 heavy (non-hydrogen) atoms. The summed E-state index contributed by atoms with van der Waals surface area (Å²) in [6.07, 6.45) is 0. The zero-order valence-corrected chi connectivity index (χ0v) is 9.37. The van der Waals surface area contributed by atoms with E-state index in [1.54, 1.807) is 13.1 Å². The fourth-order valence-corrected chi connectivity index (χ4v) is 1.08. The second kappa shape index (κ2) is 3.86. The van der Waals surface area contributed by atoms with Crippen LogP contribution in [0.4, 0.5) is 5.82 Å². The first kappa shape index (κ1) is 10.8. The number of aromatic nitrogens is 2. The Kier molecular flexibility index (Phi) is 3.22. The van der Waals surface area contributed by atoms with Crippen molar-refractivity contribution in [3.63, 3.8) is 0 Å². The molecule has 0 spiro atoms. The van der Waals surface area contributed by atoms with Crippen molar-refractivity contribution in [2.75, 3.05) is 12.4 Å². The van der Waals surface area contributed by atoms with E-state index in [4.69, 9.17) is 34.8 Å². The highest BCUT2D eigenvalue weighted by atomic mass is 35.6. The standard InChI is InChI=1S/C7H8Cl3N3/c1-4-3-5(11-2)13-6(12-4)7(8,9)10/h3H,1-2H3,(H,11,12,13). The zero-order valence-electron chi connectivity index (χ0n) is 7.11. The number of nitrogens with one attached hydrogen (secondary N) is 1. The van der Waals surface area contributed by atoms with Gasteiger partial charge in [0.2, 0.25) is 3.79 Å². The molecule has 0 unspecified atom stereocenters. The van der Waals surface area contributed by atoms with Gasteiger partial charge in [0.1, 0.15) is 5.82 Å².